The number of amides is 1. The lowest BCUT2D eigenvalue weighted by molar-refractivity contribution is -0.158. The fourth-order valence-electron chi connectivity index (χ4n) is 2.83. The van der Waals surface area contributed by atoms with Crippen molar-refractivity contribution in [1.29, 1.82) is 0 Å². The standard InChI is InChI=1S/C10H15NO3/c12-9(10(13)14)11-6-2-4-7-3-1-5-8(7)11/h7-8H,1-6H2,(H,13,14). The molecule has 1 heterocycles. The predicted molar refractivity (Wildman–Crippen MR) is 49.7 cm³/mol. The van der Waals surface area contributed by atoms with Crippen LogP contribution in [0.15, 0.2) is 0 Å². The van der Waals surface area contributed by atoms with Gasteiger partial charge in [0.15, 0.2) is 0 Å². The van der Waals surface area contributed by atoms with Gasteiger partial charge in [-0.25, -0.2) is 4.79 Å². The van der Waals surface area contributed by atoms with Gasteiger partial charge in [-0.05, 0) is 31.6 Å². The first-order valence-electron chi connectivity index (χ1n) is 5.24. The van der Waals surface area contributed by atoms with Gasteiger partial charge < -0.3 is 10.0 Å². The van der Waals surface area contributed by atoms with Gasteiger partial charge in [-0.15, -0.1) is 0 Å². The average molecular weight is 197 g/mol. The van der Waals surface area contributed by atoms with Gasteiger partial charge in [-0.3, -0.25) is 4.79 Å². The van der Waals surface area contributed by atoms with Crippen LogP contribution in [0.4, 0.5) is 0 Å². The minimum absolute atomic E-state index is 0.215. The molecule has 0 spiro atoms. The third-order valence-corrected chi connectivity index (χ3v) is 3.44. The van der Waals surface area contributed by atoms with Crippen molar-refractivity contribution in [3.8, 4) is 0 Å². The van der Waals surface area contributed by atoms with Gasteiger partial charge in [0, 0.05) is 12.6 Å². The van der Waals surface area contributed by atoms with Crippen LogP contribution < -0.4 is 0 Å². The molecule has 14 heavy (non-hydrogen) atoms. The van der Waals surface area contributed by atoms with E-state index in [1.54, 1.807) is 4.90 Å². The predicted octanol–water partition coefficient (Wildman–Crippen LogP) is 0.862. The molecule has 1 N–H and O–H groups in total. The molecule has 0 aromatic carbocycles. The minimum atomic E-state index is -1.31. The molecule has 2 fully saturated rings. The van der Waals surface area contributed by atoms with E-state index in [1.165, 1.54) is 0 Å². The van der Waals surface area contributed by atoms with Crippen LogP contribution in [0.25, 0.3) is 0 Å². The SMILES string of the molecule is O=C(O)C(=O)N1CCCC2CCCC21. The van der Waals surface area contributed by atoms with E-state index in [2.05, 4.69) is 0 Å². The number of carbonyl (C=O) groups excluding carboxylic acids is 1. The number of piperidine rings is 1. The summed E-state index contributed by atoms with van der Waals surface area (Å²) in [6.45, 7) is 0.631. The van der Waals surface area contributed by atoms with Crippen LogP contribution in [0.1, 0.15) is 32.1 Å². The third-order valence-electron chi connectivity index (χ3n) is 3.44. The Labute approximate surface area is 82.9 Å². The summed E-state index contributed by atoms with van der Waals surface area (Å²) in [5.74, 6) is -1.45. The van der Waals surface area contributed by atoms with Gasteiger partial charge in [0.25, 0.3) is 0 Å². The fraction of sp³-hybridized carbons (Fsp3) is 0.800. The highest BCUT2D eigenvalue weighted by Gasteiger charge is 2.39. The molecule has 1 aliphatic carbocycles. The Morgan fingerprint density at radius 3 is 2.57 bits per heavy atom. The molecule has 1 aliphatic heterocycles. The van der Waals surface area contributed by atoms with E-state index in [9.17, 15) is 9.59 Å². The molecule has 1 saturated carbocycles. The van der Waals surface area contributed by atoms with Crippen LogP contribution in [0.5, 0.6) is 0 Å². The van der Waals surface area contributed by atoms with Gasteiger partial charge >= 0.3 is 11.9 Å². The molecule has 4 heteroatoms. The molecule has 0 aromatic heterocycles. The van der Waals surface area contributed by atoms with E-state index in [-0.39, 0.29) is 6.04 Å². The van der Waals surface area contributed by atoms with Gasteiger partial charge in [-0.2, -0.15) is 0 Å². The molecule has 2 atom stereocenters. The number of nitrogens with zero attached hydrogens (tertiary/aromatic N) is 1. The van der Waals surface area contributed by atoms with Crippen LogP contribution in [-0.4, -0.2) is 34.5 Å². The Balaban J connectivity index is 2.10. The van der Waals surface area contributed by atoms with Gasteiger partial charge in [-0.1, -0.05) is 6.42 Å². The zero-order valence-electron chi connectivity index (χ0n) is 8.11. The second-order valence-electron chi connectivity index (χ2n) is 4.20. The monoisotopic (exact) mass is 197 g/mol. The van der Waals surface area contributed by atoms with E-state index in [1.807, 2.05) is 0 Å². The number of carboxylic acids is 1. The maximum Gasteiger partial charge on any atom is 0.394 e. The minimum Gasteiger partial charge on any atom is -0.474 e. The summed E-state index contributed by atoms with van der Waals surface area (Å²) < 4.78 is 0. The fourth-order valence-corrected chi connectivity index (χ4v) is 2.83. The van der Waals surface area contributed by atoms with Crippen molar-refractivity contribution in [3.05, 3.63) is 0 Å². The summed E-state index contributed by atoms with van der Waals surface area (Å²) in [4.78, 5) is 23.5. The molecule has 2 rings (SSSR count). The summed E-state index contributed by atoms with van der Waals surface area (Å²) in [5, 5.41) is 8.66. The topological polar surface area (TPSA) is 57.6 Å². The largest absolute Gasteiger partial charge is 0.474 e. The highest BCUT2D eigenvalue weighted by atomic mass is 16.4. The molecule has 2 aliphatic rings. The summed E-state index contributed by atoms with van der Waals surface area (Å²) in [6, 6.07) is 0.215. The van der Waals surface area contributed by atoms with Crippen molar-refractivity contribution in [2.45, 2.75) is 38.1 Å². The quantitative estimate of drug-likeness (QED) is 0.586. The number of hydrogen-bond acceptors (Lipinski definition) is 2. The lowest BCUT2D eigenvalue weighted by Crippen LogP contribution is -2.48. The lowest BCUT2D eigenvalue weighted by atomic mass is 9.92. The average Bonchev–Trinajstić information content (AvgIpc) is 2.63. The maximum atomic E-state index is 11.4. The summed E-state index contributed by atoms with van der Waals surface area (Å²) in [6.07, 6.45) is 5.41. The molecule has 1 amide bonds. The van der Waals surface area contributed by atoms with Crippen molar-refractivity contribution in [3.63, 3.8) is 0 Å². The van der Waals surface area contributed by atoms with E-state index < -0.39 is 11.9 Å². The van der Waals surface area contributed by atoms with E-state index in [4.69, 9.17) is 5.11 Å². The Kier molecular flexibility index (Phi) is 2.44. The van der Waals surface area contributed by atoms with Crippen molar-refractivity contribution >= 4 is 11.9 Å². The number of carboxylic acid groups (broad SMARTS) is 1. The van der Waals surface area contributed by atoms with Crippen molar-refractivity contribution in [1.82, 2.24) is 4.90 Å². The molecule has 0 bridgehead atoms. The summed E-state index contributed by atoms with van der Waals surface area (Å²) >= 11 is 0. The van der Waals surface area contributed by atoms with Gasteiger partial charge in [0.05, 0.1) is 0 Å². The highest BCUT2D eigenvalue weighted by Crippen LogP contribution is 2.36. The molecular weight excluding hydrogens is 182 g/mol. The second-order valence-corrected chi connectivity index (χ2v) is 4.20. The van der Waals surface area contributed by atoms with Crippen LogP contribution in [-0.2, 0) is 9.59 Å². The zero-order valence-corrected chi connectivity index (χ0v) is 8.11. The number of rotatable bonds is 0. The molecule has 2 unspecified atom stereocenters. The molecule has 78 valence electrons. The zero-order chi connectivity index (χ0) is 10.1. The van der Waals surface area contributed by atoms with Gasteiger partial charge in [0.2, 0.25) is 0 Å². The molecule has 0 radical (unpaired) electrons. The third kappa shape index (κ3) is 1.49. The number of likely N-dealkylation sites (tertiary alicyclic amines) is 1. The highest BCUT2D eigenvalue weighted by molar-refractivity contribution is 6.31. The number of aliphatic carboxylic acids is 1. The Hall–Kier alpha value is -1.06. The van der Waals surface area contributed by atoms with Crippen molar-refractivity contribution in [2.24, 2.45) is 5.92 Å². The van der Waals surface area contributed by atoms with Crippen molar-refractivity contribution in [2.75, 3.05) is 6.54 Å². The Morgan fingerprint density at radius 2 is 1.86 bits per heavy atom. The van der Waals surface area contributed by atoms with E-state index >= 15 is 0 Å². The van der Waals surface area contributed by atoms with Crippen LogP contribution in [0.3, 0.4) is 0 Å². The van der Waals surface area contributed by atoms with Crippen LogP contribution in [0.2, 0.25) is 0 Å². The number of fused-ring (bicyclic) bond motifs is 1. The normalized spacial score (nSPS) is 31.3. The summed E-state index contributed by atoms with van der Waals surface area (Å²) in [7, 11) is 0. The number of hydrogen-bond donors (Lipinski definition) is 1. The Bertz CT molecular complexity index is 264. The first kappa shape index (κ1) is 9.49. The first-order chi connectivity index (χ1) is 6.70. The molecule has 4 nitrogen and oxygen atoms in total. The first-order valence-corrected chi connectivity index (χ1v) is 5.24. The van der Waals surface area contributed by atoms with Gasteiger partial charge in [0.1, 0.15) is 0 Å². The molecule has 0 aromatic rings. The smallest absolute Gasteiger partial charge is 0.394 e. The second kappa shape index (κ2) is 3.59. The van der Waals surface area contributed by atoms with Crippen molar-refractivity contribution < 1.29 is 14.7 Å². The van der Waals surface area contributed by atoms with Crippen LogP contribution >= 0.6 is 0 Å². The van der Waals surface area contributed by atoms with E-state index in [0.29, 0.717) is 12.5 Å². The maximum absolute atomic E-state index is 11.4. The lowest BCUT2D eigenvalue weighted by Gasteiger charge is -2.36. The van der Waals surface area contributed by atoms with Crippen LogP contribution in [0, 0.1) is 5.92 Å². The molecule has 1 saturated heterocycles. The van der Waals surface area contributed by atoms with E-state index in [0.717, 1.165) is 32.1 Å². The molecular formula is C10H15NO3. The summed E-state index contributed by atoms with van der Waals surface area (Å²) in [5.41, 5.74) is 0. The number of carbonyl (C=O) groups is 2. The Morgan fingerprint density at radius 1 is 1.14 bits per heavy atom.